The maximum absolute atomic E-state index is 12.4. The molecular formula is C16H14Cl2N4OS. The van der Waals surface area contributed by atoms with E-state index in [1.807, 2.05) is 0 Å². The molecule has 24 heavy (non-hydrogen) atoms. The molecule has 0 saturated heterocycles. The van der Waals surface area contributed by atoms with Gasteiger partial charge >= 0.3 is 0 Å². The van der Waals surface area contributed by atoms with Gasteiger partial charge < -0.3 is 5.32 Å². The van der Waals surface area contributed by atoms with E-state index in [1.165, 1.54) is 11.8 Å². The average molecular weight is 381 g/mol. The van der Waals surface area contributed by atoms with Crippen molar-refractivity contribution < 1.29 is 4.79 Å². The van der Waals surface area contributed by atoms with E-state index in [0.29, 0.717) is 32.8 Å². The number of benzene rings is 1. The topological polar surface area (TPSA) is 78.7 Å². The number of nitrogens with one attached hydrogen (secondary N) is 1. The number of halogens is 2. The highest BCUT2D eigenvalue weighted by atomic mass is 35.5. The summed E-state index contributed by atoms with van der Waals surface area (Å²) in [6.07, 6.45) is 0. The molecule has 1 heterocycles. The number of hydrogen-bond donors (Lipinski definition) is 1. The molecule has 0 aliphatic heterocycles. The zero-order valence-electron chi connectivity index (χ0n) is 13.2. The molecule has 5 nitrogen and oxygen atoms in total. The molecule has 0 radical (unpaired) electrons. The van der Waals surface area contributed by atoms with Crippen LogP contribution in [0.4, 0.5) is 5.69 Å². The van der Waals surface area contributed by atoms with E-state index >= 15 is 0 Å². The van der Waals surface area contributed by atoms with E-state index in [9.17, 15) is 10.1 Å². The SMILES string of the molecule is Cc1nc(C)c(C#N)c(SC(C)C(=O)Nc2cccc(Cl)c2Cl)n1. The Kier molecular flexibility index (Phi) is 6.05. The second kappa shape index (κ2) is 7.84. The molecule has 1 atom stereocenters. The van der Waals surface area contributed by atoms with Gasteiger partial charge in [0.1, 0.15) is 22.5 Å². The van der Waals surface area contributed by atoms with Crippen LogP contribution in [0.25, 0.3) is 0 Å². The summed E-state index contributed by atoms with van der Waals surface area (Å²) in [7, 11) is 0. The number of anilines is 1. The lowest BCUT2D eigenvalue weighted by Crippen LogP contribution is -2.23. The average Bonchev–Trinajstić information content (AvgIpc) is 2.51. The van der Waals surface area contributed by atoms with Gasteiger partial charge in [-0.1, -0.05) is 41.0 Å². The Morgan fingerprint density at radius 1 is 1.33 bits per heavy atom. The van der Waals surface area contributed by atoms with Gasteiger partial charge in [-0.25, -0.2) is 9.97 Å². The molecule has 2 rings (SSSR count). The number of amides is 1. The number of thioether (sulfide) groups is 1. The fourth-order valence-corrected chi connectivity index (χ4v) is 3.30. The van der Waals surface area contributed by atoms with Crippen molar-refractivity contribution >= 4 is 46.6 Å². The summed E-state index contributed by atoms with van der Waals surface area (Å²) < 4.78 is 0. The van der Waals surface area contributed by atoms with E-state index in [2.05, 4.69) is 21.4 Å². The Morgan fingerprint density at radius 2 is 2.04 bits per heavy atom. The summed E-state index contributed by atoms with van der Waals surface area (Å²) in [6.45, 7) is 5.22. The van der Waals surface area contributed by atoms with Crippen LogP contribution in [0.3, 0.4) is 0 Å². The van der Waals surface area contributed by atoms with E-state index in [-0.39, 0.29) is 10.9 Å². The normalized spacial score (nSPS) is 11.7. The molecule has 1 unspecified atom stereocenters. The van der Waals surface area contributed by atoms with E-state index in [4.69, 9.17) is 23.2 Å². The third-order valence-electron chi connectivity index (χ3n) is 3.15. The number of carbonyl (C=O) groups excluding carboxylic acids is 1. The monoisotopic (exact) mass is 380 g/mol. The number of aromatic nitrogens is 2. The number of nitriles is 1. The van der Waals surface area contributed by atoms with Gasteiger partial charge in [-0.2, -0.15) is 5.26 Å². The Hall–Kier alpha value is -1.81. The van der Waals surface area contributed by atoms with Crippen LogP contribution in [0.5, 0.6) is 0 Å². The second-order valence-electron chi connectivity index (χ2n) is 5.00. The number of carbonyl (C=O) groups is 1. The number of nitrogens with zero attached hydrogens (tertiary/aromatic N) is 3. The second-order valence-corrected chi connectivity index (χ2v) is 7.11. The van der Waals surface area contributed by atoms with Crippen LogP contribution in [0.2, 0.25) is 10.0 Å². The first-order valence-corrected chi connectivity index (χ1v) is 8.64. The molecule has 0 spiro atoms. The molecule has 0 fully saturated rings. The fourth-order valence-electron chi connectivity index (χ4n) is 1.95. The maximum Gasteiger partial charge on any atom is 0.237 e. The van der Waals surface area contributed by atoms with Crippen molar-refractivity contribution in [1.29, 1.82) is 5.26 Å². The maximum atomic E-state index is 12.4. The number of hydrogen-bond acceptors (Lipinski definition) is 5. The minimum Gasteiger partial charge on any atom is -0.324 e. The summed E-state index contributed by atoms with van der Waals surface area (Å²) in [5.74, 6) is 0.293. The zero-order valence-corrected chi connectivity index (χ0v) is 15.6. The van der Waals surface area contributed by atoms with Gasteiger partial charge in [0.05, 0.1) is 26.7 Å². The Bertz CT molecular complexity index is 836. The molecular weight excluding hydrogens is 367 g/mol. The lowest BCUT2D eigenvalue weighted by atomic mass is 10.3. The molecule has 1 aromatic carbocycles. The molecule has 1 N–H and O–H groups in total. The lowest BCUT2D eigenvalue weighted by Gasteiger charge is -2.14. The molecule has 0 bridgehead atoms. The molecule has 0 aliphatic carbocycles. The highest BCUT2D eigenvalue weighted by molar-refractivity contribution is 8.00. The van der Waals surface area contributed by atoms with Crippen LogP contribution >= 0.6 is 35.0 Å². The van der Waals surface area contributed by atoms with E-state index in [1.54, 1.807) is 39.0 Å². The molecule has 0 aliphatic rings. The summed E-state index contributed by atoms with van der Waals surface area (Å²) in [4.78, 5) is 20.8. The minimum absolute atomic E-state index is 0.262. The summed E-state index contributed by atoms with van der Waals surface area (Å²) in [5.41, 5.74) is 1.42. The van der Waals surface area contributed by atoms with Gasteiger partial charge in [-0.05, 0) is 32.9 Å². The third kappa shape index (κ3) is 4.18. The molecule has 8 heteroatoms. The zero-order chi connectivity index (χ0) is 17.9. The Labute approximate surface area is 154 Å². The van der Waals surface area contributed by atoms with Crippen molar-refractivity contribution in [3.8, 4) is 6.07 Å². The lowest BCUT2D eigenvalue weighted by molar-refractivity contribution is -0.115. The number of rotatable bonds is 4. The van der Waals surface area contributed by atoms with Crippen LogP contribution in [0.15, 0.2) is 23.2 Å². The van der Waals surface area contributed by atoms with Crippen molar-refractivity contribution in [2.45, 2.75) is 31.0 Å². The molecule has 124 valence electrons. The van der Waals surface area contributed by atoms with Gasteiger partial charge in [0, 0.05) is 0 Å². The fraction of sp³-hybridized carbons (Fsp3) is 0.250. The predicted molar refractivity (Wildman–Crippen MR) is 96.6 cm³/mol. The van der Waals surface area contributed by atoms with Gasteiger partial charge in [-0.15, -0.1) is 0 Å². The van der Waals surface area contributed by atoms with Crippen molar-refractivity contribution in [3.63, 3.8) is 0 Å². The number of aryl methyl sites for hydroxylation is 2. The highest BCUT2D eigenvalue weighted by Gasteiger charge is 2.20. The van der Waals surface area contributed by atoms with Crippen LogP contribution in [0.1, 0.15) is 24.0 Å². The van der Waals surface area contributed by atoms with Crippen LogP contribution < -0.4 is 5.32 Å². The Balaban J connectivity index is 2.18. The van der Waals surface area contributed by atoms with Crippen molar-refractivity contribution in [2.75, 3.05) is 5.32 Å². The summed E-state index contributed by atoms with van der Waals surface area (Å²) in [5, 5.41) is 12.7. The van der Waals surface area contributed by atoms with Crippen LogP contribution in [-0.4, -0.2) is 21.1 Å². The smallest absolute Gasteiger partial charge is 0.237 e. The molecule has 1 amide bonds. The predicted octanol–water partition coefficient (Wildman–Crippen LogP) is 4.39. The Morgan fingerprint density at radius 3 is 2.71 bits per heavy atom. The van der Waals surface area contributed by atoms with Crippen molar-refractivity contribution in [2.24, 2.45) is 0 Å². The van der Waals surface area contributed by atoms with Gasteiger partial charge in [0.15, 0.2) is 0 Å². The van der Waals surface area contributed by atoms with Gasteiger partial charge in [-0.3, -0.25) is 4.79 Å². The van der Waals surface area contributed by atoms with Crippen LogP contribution in [-0.2, 0) is 4.79 Å². The molecule has 0 saturated carbocycles. The van der Waals surface area contributed by atoms with Crippen LogP contribution in [0, 0.1) is 25.2 Å². The molecule has 2 aromatic rings. The summed E-state index contributed by atoms with van der Waals surface area (Å²) in [6, 6.07) is 7.10. The van der Waals surface area contributed by atoms with Gasteiger partial charge in [0.2, 0.25) is 5.91 Å². The van der Waals surface area contributed by atoms with E-state index in [0.717, 1.165) is 0 Å². The van der Waals surface area contributed by atoms with Crippen molar-refractivity contribution in [3.05, 3.63) is 45.3 Å². The summed E-state index contributed by atoms with van der Waals surface area (Å²) >= 11 is 13.2. The standard InChI is InChI=1S/C16H14Cl2N4OS/c1-8-11(7-19)16(21-10(3)20-8)24-9(2)15(23)22-13-6-4-5-12(17)14(13)18/h4-6,9H,1-3H3,(H,22,23). The highest BCUT2D eigenvalue weighted by Crippen LogP contribution is 2.31. The largest absolute Gasteiger partial charge is 0.324 e. The minimum atomic E-state index is -0.485. The third-order valence-corrected chi connectivity index (χ3v) is 5.05. The van der Waals surface area contributed by atoms with Crippen molar-refractivity contribution in [1.82, 2.24) is 9.97 Å². The van der Waals surface area contributed by atoms with E-state index < -0.39 is 5.25 Å². The first kappa shape index (κ1) is 18.5. The molecule has 1 aromatic heterocycles. The first-order chi connectivity index (χ1) is 11.3. The van der Waals surface area contributed by atoms with Gasteiger partial charge in [0.25, 0.3) is 0 Å². The first-order valence-electron chi connectivity index (χ1n) is 7.00. The quantitative estimate of drug-likeness (QED) is 0.628.